The minimum Gasteiger partial charge on any atom is -0.507 e. The summed E-state index contributed by atoms with van der Waals surface area (Å²) < 4.78 is 0. The Hall–Kier alpha value is -3.26. The highest BCUT2D eigenvalue weighted by atomic mass is 32.2. The zero-order valence-corrected chi connectivity index (χ0v) is 14.3. The van der Waals surface area contributed by atoms with E-state index in [0.717, 1.165) is 15.8 Å². The van der Waals surface area contributed by atoms with Gasteiger partial charge in [0, 0.05) is 22.0 Å². The first kappa shape index (κ1) is 17.6. The Kier molecular flexibility index (Phi) is 5.55. The van der Waals surface area contributed by atoms with Crippen LogP contribution in [0.15, 0.2) is 69.9 Å². The molecule has 0 bridgehead atoms. The van der Waals surface area contributed by atoms with Gasteiger partial charge in [0.1, 0.15) is 11.4 Å². The van der Waals surface area contributed by atoms with Crippen molar-refractivity contribution in [3.05, 3.63) is 65.2 Å². The number of benzene rings is 2. The molecule has 1 heterocycles. The summed E-state index contributed by atoms with van der Waals surface area (Å²) in [5, 5.41) is 17.3. The highest BCUT2D eigenvalue weighted by Gasteiger charge is 2.06. The number of hydrogen-bond donors (Lipinski definition) is 2. The Bertz CT molecular complexity index is 986. The molecule has 8 heteroatoms. The number of hydrazone groups is 1. The molecule has 2 aromatic carbocycles. The van der Waals surface area contributed by atoms with Crippen LogP contribution in [0.5, 0.6) is 5.75 Å². The van der Waals surface area contributed by atoms with Crippen molar-refractivity contribution in [2.45, 2.75) is 4.90 Å². The smallest absolute Gasteiger partial charge is 0.250 e. The van der Waals surface area contributed by atoms with Crippen LogP contribution in [0, 0.1) is 4.91 Å². The van der Waals surface area contributed by atoms with Crippen LogP contribution < -0.4 is 5.43 Å². The van der Waals surface area contributed by atoms with Gasteiger partial charge in [-0.3, -0.25) is 9.78 Å². The number of amides is 1. The van der Waals surface area contributed by atoms with Crippen molar-refractivity contribution >= 4 is 40.5 Å². The summed E-state index contributed by atoms with van der Waals surface area (Å²) in [6, 6.07) is 13.7. The second-order valence-corrected chi connectivity index (χ2v) is 6.26. The third-order valence-electron chi connectivity index (χ3n) is 3.46. The molecule has 0 unspecified atom stereocenters. The number of nitrogens with one attached hydrogen (secondary N) is 1. The molecule has 2 N–H and O–H groups in total. The minimum atomic E-state index is -0.302. The van der Waals surface area contributed by atoms with Crippen molar-refractivity contribution in [2.75, 3.05) is 5.75 Å². The fraction of sp³-hybridized carbons (Fsp3) is 0.0556. The van der Waals surface area contributed by atoms with Gasteiger partial charge in [-0.15, -0.1) is 16.7 Å². The summed E-state index contributed by atoms with van der Waals surface area (Å²) in [6.45, 7) is 0. The van der Waals surface area contributed by atoms with Crippen molar-refractivity contribution in [3.63, 3.8) is 0 Å². The van der Waals surface area contributed by atoms with E-state index in [2.05, 4.69) is 20.7 Å². The number of aromatic nitrogens is 1. The van der Waals surface area contributed by atoms with E-state index < -0.39 is 0 Å². The van der Waals surface area contributed by atoms with Crippen LogP contribution in [-0.2, 0) is 4.79 Å². The second kappa shape index (κ2) is 8.21. The fourth-order valence-corrected chi connectivity index (χ4v) is 3.08. The van der Waals surface area contributed by atoms with Gasteiger partial charge in [-0.1, -0.05) is 18.2 Å². The number of thioether (sulfide) groups is 1. The molecule has 0 aliphatic rings. The average Bonchev–Trinajstić information content (AvgIpc) is 2.67. The summed E-state index contributed by atoms with van der Waals surface area (Å²) in [5.41, 5.74) is 3.68. The normalized spacial score (nSPS) is 10.9. The number of nitrogens with zero attached hydrogens (tertiary/aromatic N) is 3. The molecule has 1 aromatic heterocycles. The minimum absolute atomic E-state index is 0.0633. The van der Waals surface area contributed by atoms with E-state index >= 15 is 0 Å². The summed E-state index contributed by atoms with van der Waals surface area (Å²) in [4.78, 5) is 27.7. The third kappa shape index (κ3) is 4.22. The van der Waals surface area contributed by atoms with Crippen molar-refractivity contribution in [2.24, 2.45) is 10.3 Å². The Morgan fingerprint density at radius 3 is 2.92 bits per heavy atom. The first-order valence-electron chi connectivity index (χ1n) is 7.62. The largest absolute Gasteiger partial charge is 0.507 e. The molecule has 0 spiro atoms. The predicted molar refractivity (Wildman–Crippen MR) is 102 cm³/mol. The van der Waals surface area contributed by atoms with E-state index in [1.807, 2.05) is 30.3 Å². The maximum Gasteiger partial charge on any atom is 0.250 e. The lowest BCUT2D eigenvalue weighted by Crippen LogP contribution is -2.19. The first-order chi connectivity index (χ1) is 12.7. The number of carbonyl (C=O) groups excluding carboxylic acids is 1. The molecule has 26 heavy (non-hydrogen) atoms. The van der Waals surface area contributed by atoms with Crippen LogP contribution in [-0.4, -0.2) is 28.0 Å². The molecular formula is C18H14N4O3S. The molecule has 1 amide bonds. The highest BCUT2D eigenvalue weighted by molar-refractivity contribution is 8.00. The Morgan fingerprint density at radius 1 is 1.23 bits per heavy atom. The van der Waals surface area contributed by atoms with E-state index in [0.29, 0.717) is 0 Å². The molecule has 0 saturated carbocycles. The number of fused-ring (bicyclic) bond motifs is 1. The standard InChI is InChI=1S/C18H14N4O3S/c23-15-7-6-14(22-25)9-13(15)10-20-21-17(24)11-26-16-5-1-3-12-4-2-8-19-18(12)16/h1-10,23H,11H2,(H,21,24). The second-order valence-electron chi connectivity index (χ2n) is 5.25. The van der Waals surface area contributed by atoms with Crippen LogP contribution in [0.25, 0.3) is 10.9 Å². The van der Waals surface area contributed by atoms with Crippen LogP contribution in [0.2, 0.25) is 0 Å². The summed E-state index contributed by atoms with van der Waals surface area (Å²) in [7, 11) is 0. The Morgan fingerprint density at radius 2 is 2.08 bits per heavy atom. The van der Waals surface area contributed by atoms with Crippen LogP contribution in [0.1, 0.15) is 5.56 Å². The monoisotopic (exact) mass is 366 g/mol. The van der Waals surface area contributed by atoms with Gasteiger partial charge in [0.2, 0.25) is 5.91 Å². The van der Waals surface area contributed by atoms with Crippen LogP contribution in [0.4, 0.5) is 5.69 Å². The van der Waals surface area contributed by atoms with Crippen molar-refractivity contribution in [1.82, 2.24) is 10.4 Å². The lowest BCUT2D eigenvalue weighted by atomic mass is 10.2. The summed E-state index contributed by atoms with van der Waals surface area (Å²) in [6.07, 6.45) is 2.97. The van der Waals surface area contributed by atoms with E-state index in [-0.39, 0.29) is 28.7 Å². The fourth-order valence-electron chi connectivity index (χ4n) is 2.24. The zero-order valence-electron chi connectivity index (χ0n) is 13.5. The van der Waals surface area contributed by atoms with E-state index in [1.165, 1.54) is 36.2 Å². The Labute approximate surface area is 153 Å². The predicted octanol–water partition coefficient (Wildman–Crippen LogP) is 3.58. The van der Waals surface area contributed by atoms with Crippen LogP contribution >= 0.6 is 11.8 Å². The quantitative estimate of drug-likeness (QED) is 0.300. The Balaban J connectivity index is 1.60. The number of aromatic hydroxyl groups is 1. The molecule has 7 nitrogen and oxygen atoms in total. The lowest BCUT2D eigenvalue weighted by Gasteiger charge is -2.04. The number of rotatable bonds is 6. The van der Waals surface area contributed by atoms with Gasteiger partial charge in [0.25, 0.3) is 0 Å². The van der Waals surface area contributed by atoms with Crippen molar-refractivity contribution in [1.29, 1.82) is 0 Å². The average molecular weight is 366 g/mol. The molecule has 130 valence electrons. The molecule has 0 radical (unpaired) electrons. The number of carbonyl (C=O) groups is 1. The lowest BCUT2D eigenvalue weighted by molar-refractivity contribution is -0.118. The molecule has 3 rings (SSSR count). The van der Waals surface area contributed by atoms with E-state index in [1.54, 1.807) is 6.20 Å². The molecule has 0 aliphatic heterocycles. The zero-order chi connectivity index (χ0) is 18.4. The SMILES string of the molecule is O=Nc1ccc(O)c(C=NNC(=O)CSc2cccc3cccnc23)c1. The third-order valence-corrected chi connectivity index (χ3v) is 4.51. The summed E-state index contributed by atoms with van der Waals surface area (Å²) >= 11 is 1.36. The number of phenols is 1. The van der Waals surface area contributed by atoms with E-state index in [4.69, 9.17) is 0 Å². The molecular weight excluding hydrogens is 352 g/mol. The van der Waals surface area contributed by atoms with Gasteiger partial charge in [-0.05, 0) is 35.5 Å². The number of pyridine rings is 1. The van der Waals surface area contributed by atoms with Gasteiger partial charge < -0.3 is 5.11 Å². The van der Waals surface area contributed by atoms with Crippen LogP contribution in [0.3, 0.4) is 0 Å². The van der Waals surface area contributed by atoms with Crippen molar-refractivity contribution in [3.8, 4) is 5.75 Å². The van der Waals surface area contributed by atoms with Gasteiger partial charge in [0.15, 0.2) is 0 Å². The van der Waals surface area contributed by atoms with E-state index in [9.17, 15) is 14.8 Å². The van der Waals surface area contributed by atoms with Gasteiger partial charge in [-0.25, -0.2) is 5.43 Å². The van der Waals surface area contributed by atoms with Gasteiger partial charge in [0.05, 0.1) is 17.5 Å². The topological polar surface area (TPSA) is 104 Å². The number of para-hydroxylation sites is 1. The molecule has 0 aliphatic carbocycles. The number of phenolic OH excluding ortho intramolecular Hbond substituents is 1. The highest BCUT2D eigenvalue weighted by Crippen LogP contribution is 2.26. The van der Waals surface area contributed by atoms with Gasteiger partial charge >= 0.3 is 0 Å². The van der Waals surface area contributed by atoms with Crippen molar-refractivity contribution < 1.29 is 9.90 Å². The maximum atomic E-state index is 12.0. The maximum absolute atomic E-state index is 12.0. The molecule has 0 saturated heterocycles. The number of nitroso groups, excluding NO2 is 1. The van der Waals surface area contributed by atoms with Gasteiger partial charge in [-0.2, -0.15) is 5.10 Å². The molecule has 0 fully saturated rings. The number of hydrogen-bond acceptors (Lipinski definition) is 7. The molecule has 3 aromatic rings. The molecule has 0 atom stereocenters. The summed E-state index contributed by atoms with van der Waals surface area (Å²) in [5.74, 6) is -0.204. The first-order valence-corrected chi connectivity index (χ1v) is 8.61.